The van der Waals surface area contributed by atoms with E-state index in [9.17, 15) is 5.11 Å². The van der Waals surface area contributed by atoms with E-state index in [4.69, 9.17) is 16.3 Å². The molecule has 4 aromatic rings. The molecule has 10 heteroatoms. The summed E-state index contributed by atoms with van der Waals surface area (Å²) in [5.41, 5.74) is 3.43. The van der Waals surface area contributed by atoms with Gasteiger partial charge in [0, 0.05) is 29.5 Å². The van der Waals surface area contributed by atoms with Crippen LogP contribution in [0.5, 0.6) is 5.75 Å². The maximum atomic E-state index is 12.5. The molecule has 0 fully saturated rings. The van der Waals surface area contributed by atoms with E-state index in [1.54, 1.807) is 11.8 Å². The SMILES string of the molecule is COc1ccc(C(O)(C2=CNCN2C)c2ccc3c(c2)C(c2cccc(Cl)c2)n2nnnc2N3)cc1. The van der Waals surface area contributed by atoms with E-state index < -0.39 is 5.60 Å². The molecule has 0 aliphatic carbocycles. The Labute approximate surface area is 213 Å². The first-order valence-electron chi connectivity index (χ1n) is 11.5. The molecule has 36 heavy (non-hydrogen) atoms. The molecule has 3 heterocycles. The summed E-state index contributed by atoms with van der Waals surface area (Å²) in [6, 6.07) is 20.7. The Morgan fingerprint density at radius 3 is 2.61 bits per heavy atom. The van der Waals surface area contributed by atoms with Crippen LogP contribution in [0.3, 0.4) is 0 Å². The third kappa shape index (κ3) is 3.47. The van der Waals surface area contributed by atoms with Crippen LogP contribution in [0.2, 0.25) is 5.02 Å². The first kappa shape index (κ1) is 22.4. The van der Waals surface area contributed by atoms with Crippen molar-refractivity contribution in [2.24, 2.45) is 0 Å². The number of fused-ring (bicyclic) bond motifs is 2. The number of ether oxygens (including phenoxy) is 1. The molecular formula is C26H24ClN7O2. The number of aromatic nitrogens is 4. The monoisotopic (exact) mass is 501 g/mol. The number of nitrogens with zero attached hydrogens (tertiary/aromatic N) is 5. The van der Waals surface area contributed by atoms with E-state index in [2.05, 4.69) is 26.2 Å². The summed E-state index contributed by atoms with van der Waals surface area (Å²) in [5.74, 6) is 1.25. The van der Waals surface area contributed by atoms with Crippen molar-refractivity contribution in [3.63, 3.8) is 0 Å². The van der Waals surface area contributed by atoms with Gasteiger partial charge in [-0.05, 0) is 63.5 Å². The lowest BCUT2D eigenvalue weighted by molar-refractivity contribution is 0.0929. The van der Waals surface area contributed by atoms with Crippen molar-refractivity contribution >= 4 is 23.2 Å². The molecule has 9 nitrogen and oxygen atoms in total. The Hall–Kier alpha value is -4.08. The van der Waals surface area contributed by atoms with Gasteiger partial charge in [0.15, 0.2) is 5.60 Å². The Kier molecular flexibility index (Phi) is 5.31. The lowest BCUT2D eigenvalue weighted by Crippen LogP contribution is -2.36. The quantitative estimate of drug-likeness (QED) is 0.336. The van der Waals surface area contributed by atoms with Crippen molar-refractivity contribution in [2.75, 3.05) is 26.1 Å². The molecule has 0 saturated heterocycles. The molecule has 2 atom stereocenters. The van der Waals surface area contributed by atoms with Crippen LogP contribution in [0, 0.1) is 0 Å². The predicted octanol–water partition coefficient (Wildman–Crippen LogP) is 3.60. The van der Waals surface area contributed by atoms with Gasteiger partial charge in [0.2, 0.25) is 5.95 Å². The molecular weight excluding hydrogens is 478 g/mol. The first-order chi connectivity index (χ1) is 17.5. The minimum absolute atomic E-state index is 0.335. The number of rotatable bonds is 5. The van der Waals surface area contributed by atoms with Gasteiger partial charge >= 0.3 is 0 Å². The zero-order chi connectivity index (χ0) is 24.9. The zero-order valence-corrected chi connectivity index (χ0v) is 20.4. The van der Waals surface area contributed by atoms with E-state index >= 15 is 0 Å². The van der Waals surface area contributed by atoms with Gasteiger partial charge in [0.05, 0.1) is 19.5 Å². The fraction of sp³-hybridized carbons (Fsp3) is 0.192. The Morgan fingerprint density at radius 1 is 1.08 bits per heavy atom. The third-order valence-electron chi connectivity index (χ3n) is 6.77. The third-order valence-corrected chi connectivity index (χ3v) is 7.00. The highest BCUT2D eigenvalue weighted by atomic mass is 35.5. The van der Waals surface area contributed by atoms with Gasteiger partial charge < -0.3 is 25.4 Å². The highest BCUT2D eigenvalue weighted by Crippen LogP contribution is 2.44. The number of tetrazole rings is 1. The molecule has 0 saturated carbocycles. The number of likely N-dealkylation sites (N-methyl/N-ethyl adjacent to an activating group) is 1. The number of benzene rings is 3. The summed E-state index contributed by atoms with van der Waals surface area (Å²) in [6.45, 7) is 0.597. The molecule has 182 valence electrons. The number of methoxy groups -OCH3 is 1. The van der Waals surface area contributed by atoms with Crippen LogP contribution in [-0.2, 0) is 5.60 Å². The Bertz CT molecular complexity index is 1470. The fourth-order valence-corrected chi connectivity index (χ4v) is 5.18. The van der Waals surface area contributed by atoms with Crippen molar-refractivity contribution < 1.29 is 9.84 Å². The topological polar surface area (TPSA) is 100 Å². The smallest absolute Gasteiger partial charge is 0.248 e. The average Bonchev–Trinajstić information content (AvgIpc) is 3.55. The first-order valence-corrected chi connectivity index (χ1v) is 11.8. The van der Waals surface area contributed by atoms with Crippen LogP contribution in [0.1, 0.15) is 28.3 Å². The molecule has 2 unspecified atom stereocenters. The molecule has 2 aliphatic rings. The van der Waals surface area contributed by atoms with E-state index in [0.29, 0.717) is 23.2 Å². The number of hydrogen-bond donors (Lipinski definition) is 3. The summed E-state index contributed by atoms with van der Waals surface area (Å²) in [7, 11) is 3.57. The fourth-order valence-electron chi connectivity index (χ4n) is 4.98. The van der Waals surface area contributed by atoms with Crippen LogP contribution < -0.4 is 15.4 Å². The summed E-state index contributed by atoms with van der Waals surface area (Å²) >= 11 is 6.36. The molecule has 3 aromatic carbocycles. The highest BCUT2D eigenvalue weighted by molar-refractivity contribution is 6.30. The summed E-state index contributed by atoms with van der Waals surface area (Å²) in [5, 5.41) is 31.9. The Balaban J connectivity index is 1.55. The van der Waals surface area contributed by atoms with Crippen molar-refractivity contribution in [3.8, 4) is 5.75 Å². The van der Waals surface area contributed by atoms with Crippen LogP contribution in [0.15, 0.2) is 78.6 Å². The second-order valence-electron chi connectivity index (χ2n) is 8.86. The normalized spacial score (nSPS) is 17.8. The number of aliphatic hydroxyl groups is 1. The van der Waals surface area contributed by atoms with Gasteiger partial charge in [-0.15, -0.1) is 0 Å². The maximum absolute atomic E-state index is 12.5. The molecule has 0 bridgehead atoms. The molecule has 3 N–H and O–H groups in total. The average molecular weight is 502 g/mol. The molecule has 0 amide bonds. The van der Waals surface area contributed by atoms with Gasteiger partial charge in [-0.25, -0.2) is 0 Å². The van der Waals surface area contributed by atoms with Crippen molar-refractivity contribution in [2.45, 2.75) is 11.6 Å². The number of hydrogen-bond acceptors (Lipinski definition) is 8. The summed E-state index contributed by atoms with van der Waals surface area (Å²) in [4.78, 5) is 2.00. The number of nitrogens with one attached hydrogen (secondary N) is 2. The van der Waals surface area contributed by atoms with Crippen molar-refractivity contribution in [1.82, 2.24) is 30.4 Å². The van der Waals surface area contributed by atoms with Crippen LogP contribution in [0.25, 0.3) is 0 Å². The molecule has 6 rings (SSSR count). The summed E-state index contributed by atoms with van der Waals surface area (Å²) < 4.78 is 7.08. The van der Waals surface area contributed by atoms with E-state index in [-0.39, 0.29) is 6.04 Å². The van der Waals surface area contributed by atoms with Crippen LogP contribution in [0.4, 0.5) is 11.6 Å². The van der Waals surface area contributed by atoms with E-state index in [1.807, 2.05) is 84.9 Å². The number of anilines is 2. The van der Waals surface area contributed by atoms with Crippen molar-refractivity contribution in [3.05, 3.63) is 106 Å². The van der Waals surface area contributed by atoms with Crippen LogP contribution >= 0.6 is 11.6 Å². The Morgan fingerprint density at radius 2 is 1.89 bits per heavy atom. The predicted molar refractivity (Wildman–Crippen MR) is 136 cm³/mol. The molecule has 2 aliphatic heterocycles. The second kappa shape index (κ2) is 8.54. The lowest BCUT2D eigenvalue weighted by Gasteiger charge is -2.36. The maximum Gasteiger partial charge on any atom is 0.248 e. The molecule has 1 aromatic heterocycles. The zero-order valence-electron chi connectivity index (χ0n) is 19.7. The minimum atomic E-state index is -1.43. The van der Waals surface area contributed by atoms with E-state index in [1.165, 1.54) is 0 Å². The van der Waals surface area contributed by atoms with Gasteiger partial charge in [-0.3, -0.25) is 0 Å². The lowest BCUT2D eigenvalue weighted by atomic mass is 9.81. The van der Waals surface area contributed by atoms with Gasteiger partial charge in [-0.1, -0.05) is 47.0 Å². The second-order valence-corrected chi connectivity index (χ2v) is 9.30. The minimum Gasteiger partial charge on any atom is -0.497 e. The molecule has 0 spiro atoms. The number of halogens is 1. The summed E-state index contributed by atoms with van der Waals surface area (Å²) in [6.07, 6.45) is 1.86. The largest absolute Gasteiger partial charge is 0.497 e. The van der Waals surface area contributed by atoms with Gasteiger partial charge in [0.1, 0.15) is 11.8 Å². The van der Waals surface area contributed by atoms with Crippen molar-refractivity contribution in [1.29, 1.82) is 0 Å². The van der Waals surface area contributed by atoms with Gasteiger partial charge in [0.25, 0.3) is 0 Å². The highest BCUT2D eigenvalue weighted by Gasteiger charge is 2.41. The standard InChI is InChI=1S/C26H24ClN7O2/c1-33-15-28-14-23(33)26(35,17-6-9-20(36-2)10-7-17)18-8-11-22-21(13-18)24(16-4-3-5-19(27)12-16)34-25(29-22)30-31-32-34/h3-14,24,28,35H,15H2,1-2H3,(H,29,30,32). The van der Waals surface area contributed by atoms with Crippen LogP contribution in [-0.4, -0.2) is 51.0 Å². The van der Waals surface area contributed by atoms with Gasteiger partial charge in [-0.2, -0.15) is 4.68 Å². The van der Waals surface area contributed by atoms with E-state index in [0.717, 1.165) is 33.8 Å². The molecule has 0 radical (unpaired) electrons.